The number of hydrogen-bond acceptors (Lipinski definition) is 4. The maximum Gasteiger partial charge on any atom is 0.257 e. The second kappa shape index (κ2) is 6.28. The predicted octanol–water partition coefficient (Wildman–Crippen LogP) is 2.15. The molecule has 3 N–H and O–H groups in total. The fourth-order valence-corrected chi connectivity index (χ4v) is 2.17. The lowest BCUT2D eigenvalue weighted by Gasteiger charge is -2.02. The molecule has 1 aromatic heterocycles. The van der Waals surface area contributed by atoms with Gasteiger partial charge in [0.2, 0.25) is 0 Å². The lowest BCUT2D eigenvalue weighted by molar-refractivity contribution is 0.102. The molecule has 0 aliphatic heterocycles. The minimum Gasteiger partial charge on any atom is -0.320 e. The monoisotopic (exact) mass is 289 g/mol. The largest absolute Gasteiger partial charge is 0.320 e. The van der Waals surface area contributed by atoms with Crippen LogP contribution in [-0.2, 0) is 0 Å². The third-order valence-corrected chi connectivity index (χ3v) is 3.27. The number of carbonyl (C=O) groups excluding carboxylic acids is 1. The van der Waals surface area contributed by atoms with E-state index in [9.17, 15) is 9.18 Å². The maximum atomic E-state index is 13.7. The number of carbonyl (C=O) groups is 1. The summed E-state index contributed by atoms with van der Waals surface area (Å²) in [6.07, 6.45) is 0. The molecule has 1 heterocycles. The molecule has 0 fully saturated rings. The van der Waals surface area contributed by atoms with Gasteiger partial charge in [-0.05, 0) is 25.1 Å². The van der Waals surface area contributed by atoms with Crippen molar-refractivity contribution in [1.29, 1.82) is 0 Å². The molecule has 0 bridgehead atoms. The van der Waals surface area contributed by atoms with Crippen molar-refractivity contribution < 1.29 is 9.18 Å². The lowest BCUT2D eigenvalue weighted by atomic mass is 10.1. The van der Waals surface area contributed by atoms with E-state index in [1.807, 2.05) is 12.3 Å². The van der Waals surface area contributed by atoms with Crippen LogP contribution in [0.3, 0.4) is 0 Å². The molecule has 0 saturated heterocycles. The number of nitrogens with zero attached hydrogens (tertiary/aromatic N) is 1. The van der Waals surface area contributed by atoms with Gasteiger partial charge in [0, 0.05) is 10.9 Å². The van der Waals surface area contributed by atoms with Crippen LogP contribution >= 0.6 is 11.3 Å². The van der Waals surface area contributed by atoms with Crippen LogP contribution in [-0.4, -0.2) is 17.4 Å². The van der Waals surface area contributed by atoms with E-state index in [1.54, 1.807) is 0 Å². The van der Waals surface area contributed by atoms with Crippen LogP contribution in [0.1, 0.15) is 21.6 Å². The van der Waals surface area contributed by atoms with E-state index in [0.29, 0.717) is 5.13 Å². The number of aromatic nitrogens is 1. The Bertz CT molecular complexity index is 700. The van der Waals surface area contributed by atoms with Gasteiger partial charge < -0.3 is 5.73 Å². The molecular formula is C14H12FN3OS. The van der Waals surface area contributed by atoms with Crippen LogP contribution in [0, 0.1) is 24.6 Å². The van der Waals surface area contributed by atoms with Gasteiger partial charge in [-0.1, -0.05) is 11.8 Å². The van der Waals surface area contributed by atoms with Gasteiger partial charge in [0.15, 0.2) is 5.13 Å². The first kappa shape index (κ1) is 14.2. The summed E-state index contributed by atoms with van der Waals surface area (Å²) >= 11 is 1.32. The summed E-state index contributed by atoms with van der Waals surface area (Å²) in [5, 5.41) is 4.92. The number of nitrogens with one attached hydrogen (secondary N) is 1. The van der Waals surface area contributed by atoms with Crippen LogP contribution in [0.25, 0.3) is 0 Å². The smallest absolute Gasteiger partial charge is 0.257 e. The van der Waals surface area contributed by atoms with Gasteiger partial charge in [-0.3, -0.25) is 10.1 Å². The molecular weight excluding hydrogens is 277 g/mol. The molecule has 20 heavy (non-hydrogen) atoms. The Balaban J connectivity index is 2.16. The minimum absolute atomic E-state index is 0.158. The zero-order chi connectivity index (χ0) is 14.5. The first-order valence-electron chi connectivity index (χ1n) is 5.82. The molecule has 0 unspecified atom stereocenters. The fourth-order valence-electron chi connectivity index (χ4n) is 1.48. The first-order valence-corrected chi connectivity index (χ1v) is 6.70. The summed E-state index contributed by atoms with van der Waals surface area (Å²) in [4.78, 5) is 16.0. The van der Waals surface area contributed by atoms with E-state index in [2.05, 4.69) is 22.1 Å². The molecule has 0 spiro atoms. The molecule has 1 aromatic carbocycles. The van der Waals surface area contributed by atoms with Crippen LogP contribution in [0.15, 0.2) is 23.6 Å². The average molecular weight is 289 g/mol. The van der Waals surface area contributed by atoms with Crippen molar-refractivity contribution in [3.63, 3.8) is 0 Å². The highest BCUT2D eigenvalue weighted by Crippen LogP contribution is 2.16. The van der Waals surface area contributed by atoms with Gasteiger partial charge in [-0.25, -0.2) is 9.37 Å². The molecule has 0 aliphatic carbocycles. The standard InChI is InChI=1S/C14H12FN3OS/c1-9-8-20-14(17-9)18-13(19)11-5-4-10(3-2-6-16)12(15)7-11/h4-5,7-8H,6,16H2,1H3,(H,17,18,19). The van der Waals surface area contributed by atoms with E-state index in [0.717, 1.165) is 11.8 Å². The summed E-state index contributed by atoms with van der Waals surface area (Å²) in [7, 11) is 0. The quantitative estimate of drug-likeness (QED) is 0.832. The van der Waals surface area contributed by atoms with E-state index in [-0.39, 0.29) is 17.7 Å². The number of hydrogen-bond donors (Lipinski definition) is 2. The Labute approximate surface area is 119 Å². The molecule has 0 aliphatic rings. The first-order chi connectivity index (χ1) is 9.60. The van der Waals surface area contributed by atoms with Gasteiger partial charge in [0.05, 0.1) is 17.8 Å². The zero-order valence-corrected chi connectivity index (χ0v) is 11.6. The molecule has 0 radical (unpaired) electrons. The Morgan fingerprint density at radius 1 is 1.55 bits per heavy atom. The van der Waals surface area contributed by atoms with Crippen LogP contribution in [0.2, 0.25) is 0 Å². The van der Waals surface area contributed by atoms with Crippen molar-refractivity contribution in [2.45, 2.75) is 6.92 Å². The molecule has 2 rings (SSSR count). The van der Waals surface area contributed by atoms with Gasteiger partial charge in [0.25, 0.3) is 5.91 Å². The summed E-state index contributed by atoms with van der Waals surface area (Å²) in [6, 6.07) is 4.12. The van der Waals surface area contributed by atoms with E-state index < -0.39 is 11.7 Å². The number of benzene rings is 1. The topological polar surface area (TPSA) is 68.0 Å². The molecule has 2 aromatic rings. The second-order valence-corrected chi connectivity index (χ2v) is 4.81. The number of thiazole rings is 1. The Morgan fingerprint density at radius 3 is 2.95 bits per heavy atom. The molecule has 0 atom stereocenters. The number of amides is 1. The van der Waals surface area contributed by atoms with Crippen LogP contribution < -0.4 is 11.1 Å². The summed E-state index contributed by atoms with van der Waals surface area (Å²) in [6.45, 7) is 1.99. The normalized spacial score (nSPS) is 9.75. The predicted molar refractivity (Wildman–Crippen MR) is 77.1 cm³/mol. The summed E-state index contributed by atoms with van der Waals surface area (Å²) < 4.78 is 13.7. The zero-order valence-electron chi connectivity index (χ0n) is 10.7. The minimum atomic E-state index is -0.547. The van der Waals surface area contributed by atoms with Crippen molar-refractivity contribution in [3.8, 4) is 11.8 Å². The molecule has 4 nitrogen and oxygen atoms in total. The number of nitrogens with two attached hydrogens (primary N) is 1. The molecule has 0 saturated carbocycles. The highest BCUT2D eigenvalue weighted by Gasteiger charge is 2.10. The van der Waals surface area contributed by atoms with Crippen molar-refractivity contribution >= 4 is 22.4 Å². The van der Waals surface area contributed by atoms with Crippen molar-refractivity contribution in [2.75, 3.05) is 11.9 Å². The fraction of sp³-hybridized carbons (Fsp3) is 0.143. The highest BCUT2D eigenvalue weighted by molar-refractivity contribution is 7.13. The van der Waals surface area contributed by atoms with Crippen LogP contribution in [0.5, 0.6) is 0 Å². The number of anilines is 1. The Morgan fingerprint density at radius 2 is 2.35 bits per heavy atom. The average Bonchev–Trinajstić information content (AvgIpc) is 2.82. The van der Waals surface area contributed by atoms with Crippen molar-refractivity contribution in [3.05, 3.63) is 46.2 Å². The molecule has 102 valence electrons. The van der Waals surface area contributed by atoms with E-state index >= 15 is 0 Å². The summed E-state index contributed by atoms with van der Waals surface area (Å²) in [5.41, 5.74) is 6.49. The van der Waals surface area contributed by atoms with Gasteiger partial charge >= 0.3 is 0 Å². The number of rotatable bonds is 2. The SMILES string of the molecule is Cc1csc(NC(=O)c2ccc(C#CCN)c(F)c2)n1. The van der Waals surface area contributed by atoms with Crippen molar-refractivity contribution in [2.24, 2.45) is 5.73 Å². The summed E-state index contributed by atoms with van der Waals surface area (Å²) in [5.74, 6) is 4.21. The Hall–Kier alpha value is -2.23. The Kier molecular flexibility index (Phi) is 4.45. The van der Waals surface area contributed by atoms with E-state index in [4.69, 9.17) is 5.73 Å². The van der Waals surface area contributed by atoms with Gasteiger partial charge in [0.1, 0.15) is 5.82 Å². The van der Waals surface area contributed by atoms with Crippen LogP contribution in [0.4, 0.5) is 9.52 Å². The van der Waals surface area contributed by atoms with Gasteiger partial charge in [-0.2, -0.15) is 0 Å². The van der Waals surface area contributed by atoms with E-state index in [1.165, 1.54) is 23.5 Å². The maximum absolute atomic E-state index is 13.7. The third kappa shape index (κ3) is 3.41. The van der Waals surface area contributed by atoms with Crippen molar-refractivity contribution in [1.82, 2.24) is 4.98 Å². The van der Waals surface area contributed by atoms with Gasteiger partial charge in [-0.15, -0.1) is 11.3 Å². The lowest BCUT2D eigenvalue weighted by Crippen LogP contribution is -2.12. The molecule has 6 heteroatoms. The third-order valence-electron chi connectivity index (χ3n) is 2.40. The number of halogens is 1. The highest BCUT2D eigenvalue weighted by atomic mass is 32.1. The second-order valence-electron chi connectivity index (χ2n) is 3.95. The number of aryl methyl sites for hydroxylation is 1. The molecule has 1 amide bonds.